The van der Waals surface area contributed by atoms with Gasteiger partial charge in [0.25, 0.3) is 0 Å². The molecule has 1 fully saturated rings. The SMILES string of the molecule is CCNC(=NCCCCCCC(=O)OC)N1CCC(COCCOC)C1.I. The predicted octanol–water partition coefficient (Wildman–Crippen LogP) is 2.68. The number of aliphatic imine (C=N–C) groups is 1. The van der Waals surface area contributed by atoms with Crippen LogP contribution in [0.25, 0.3) is 0 Å². The molecule has 1 heterocycles. The molecule has 7 nitrogen and oxygen atoms in total. The predicted molar refractivity (Wildman–Crippen MR) is 119 cm³/mol. The molecular formula is C19H38IN3O4. The average molecular weight is 499 g/mol. The minimum atomic E-state index is -0.118. The van der Waals surface area contributed by atoms with Crippen LogP contribution in [-0.2, 0) is 19.0 Å². The topological polar surface area (TPSA) is 72.4 Å². The lowest BCUT2D eigenvalue weighted by molar-refractivity contribution is -0.140. The molecule has 0 aromatic carbocycles. The first-order valence-electron chi connectivity index (χ1n) is 9.88. The molecule has 0 spiro atoms. The summed E-state index contributed by atoms with van der Waals surface area (Å²) >= 11 is 0. The van der Waals surface area contributed by atoms with Gasteiger partial charge in [-0.15, -0.1) is 24.0 Å². The van der Waals surface area contributed by atoms with Crippen molar-refractivity contribution in [1.29, 1.82) is 0 Å². The minimum absolute atomic E-state index is 0. The van der Waals surface area contributed by atoms with Gasteiger partial charge in [-0.25, -0.2) is 0 Å². The zero-order valence-corrected chi connectivity index (χ0v) is 19.5. The van der Waals surface area contributed by atoms with E-state index >= 15 is 0 Å². The number of nitrogens with zero attached hydrogens (tertiary/aromatic N) is 2. The van der Waals surface area contributed by atoms with Crippen molar-refractivity contribution in [3.63, 3.8) is 0 Å². The van der Waals surface area contributed by atoms with E-state index in [2.05, 4.69) is 21.9 Å². The fourth-order valence-corrected chi connectivity index (χ4v) is 3.00. The maximum Gasteiger partial charge on any atom is 0.305 e. The van der Waals surface area contributed by atoms with E-state index in [0.29, 0.717) is 25.6 Å². The molecule has 1 aliphatic heterocycles. The van der Waals surface area contributed by atoms with Gasteiger partial charge in [0, 0.05) is 45.6 Å². The Balaban J connectivity index is 0.00000676. The smallest absolute Gasteiger partial charge is 0.305 e. The summed E-state index contributed by atoms with van der Waals surface area (Å²) in [5.41, 5.74) is 0. The van der Waals surface area contributed by atoms with Crippen LogP contribution in [0.3, 0.4) is 0 Å². The van der Waals surface area contributed by atoms with Crippen molar-refractivity contribution in [2.24, 2.45) is 10.9 Å². The largest absolute Gasteiger partial charge is 0.469 e. The summed E-state index contributed by atoms with van der Waals surface area (Å²) in [6.45, 7) is 7.94. The van der Waals surface area contributed by atoms with Crippen molar-refractivity contribution >= 4 is 35.9 Å². The van der Waals surface area contributed by atoms with E-state index in [1.165, 1.54) is 7.11 Å². The summed E-state index contributed by atoms with van der Waals surface area (Å²) in [5, 5.41) is 3.40. The summed E-state index contributed by atoms with van der Waals surface area (Å²) < 4.78 is 15.3. The Hall–Kier alpha value is -0.610. The number of hydrogen-bond acceptors (Lipinski definition) is 5. The quantitative estimate of drug-likeness (QED) is 0.138. The van der Waals surface area contributed by atoms with Gasteiger partial charge in [-0.2, -0.15) is 0 Å². The first-order valence-corrected chi connectivity index (χ1v) is 9.88. The van der Waals surface area contributed by atoms with Gasteiger partial charge < -0.3 is 24.4 Å². The highest BCUT2D eigenvalue weighted by atomic mass is 127. The van der Waals surface area contributed by atoms with Crippen molar-refractivity contribution in [3.05, 3.63) is 0 Å². The number of rotatable bonds is 13. The summed E-state index contributed by atoms with van der Waals surface area (Å²) in [6.07, 6.45) is 5.75. The first kappa shape index (κ1) is 26.4. The molecule has 160 valence electrons. The molecule has 0 amide bonds. The number of methoxy groups -OCH3 is 2. The number of likely N-dealkylation sites (tertiary alicyclic amines) is 1. The van der Waals surface area contributed by atoms with Gasteiger partial charge in [0.1, 0.15) is 0 Å². The number of nitrogens with one attached hydrogen (secondary N) is 1. The molecule has 1 aliphatic rings. The van der Waals surface area contributed by atoms with Crippen LogP contribution in [0.1, 0.15) is 45.4 Å². The van der Waals surface area contributed by atoms with E-state index in [4.69, 9.17) is 14.5 Å². The summed E-state index contributed by atoms with van der Waals surface area (Å²) in [4.78, 5) is 18.2. The zero-order chi connectivity index (χ0) is 19.0. The molecule has 0 radical (unpaired) electrons. The molecule has 1 saturated heterocycles. The van der Waals surface area contributed by atoms with Crippen molar-refractivity contribution in [1.82, 2.24) is 10.2 Å². The van der Waals surface area contributed by atoms with Crippen LogP contribution < -0.4 is 5.32 Å². The Bertz CT molecular complexity index is 410. The van der Waals surface area contributed by atoms with E-state index in [-0.39, 0.29) is 29.9 Å². The van der Waals surface area contributed by atoms with Crippen LogP contribution in [-0.4, -0.2) is 77.0 Å². The summed E-state index contributed by atoms with van der Waals surface area (Å²) in [6, 6.07) is 0. The Labute approximate surface area is 181 Å². The van der Waals surface area contributed by atoms with E-state index < -0.39 is 0 Å². The molecule has 27 heavy (non-hydrogen) atoms. The lowest BCUT2D eigenvalue weighted by Gasteiger charge is -2.21. The normalized spacial score (nSPS) is 16.9. The van der Waals surface area contributed by atoms with E-state index in [0.717, 1.165) is 70.8 Å². The monoisotopic (exact) mass is 499 g/mol. The van der Waals surface area contributed by atoms with Crippen LogP contribution >= 0.6 is 24.0 Å². The van der Waals surface area contributed by atoms with Gasteiger partial charge in [0.2, 0.25) is 0 Å². The number of carbonyl (C=O) groups excluding carboxylic acids is 1. The second kappa shape index (κ2) is 17.5. The van der Waals surface area contributed by atoms with Crippen LogP contribution in [0.4, 0.5) is 0 Å². The molecular weight excluding hydrogens is 461 g/mol. The molecule has 8 heteroatoms. The second-order valence-electron chi connectivity index (χ2n) is 6.64. The maximum atomic E-state index is 11.1. The highest BCUT2D eigenvalue weighted by molar-refractivity contribution is 14.0. The van der Waals surface area contributed by atoms with Gasteiger partial charge in [0.05, 0.1) is 26.9 Å². The maximum absolute atomic E-state index is 11.1. The second-order valence-corrected chi connectivity index (χ2v) is 6.64. The third-order valence-electron chi connectivity index (χ3n) is 4.48. The van der Waals surface area contributed by atoms with E-state index in [1.54, 1.807) is 7.11 Å². The number of halogens is 1. The molecule has 1 atom stereocenters. The Kier molecular flexibility index (Phi) is 17.1. The fourth-order valence-electron chi connectivity index (χ4n) is 3.00. The van der Waals surface area contributed by atoms with Crippen molar-refractivity contribution < 1.29 is 19.0 Å². The Morgan fingerprint density at radius 1 is 1.19 bits per heavy atom. The molecule has 0 aliphatic carbocycles. The number of hydrogen-bond donors (Lipinski definition) is 1. The third kappa shape index (κ3) is 12.5. The minimum Gasteiger partial charge on any atom is -0.469 e. The third-order valence-corrected chi connectivity index (χ3v) is 4.48. The molecule has 0 aromatic rings. The number of guanidine groups is 1. The van der Waals surface area contributed by atoms with Gasteiger partial charge in [-0.1, -0.05) is 12.8 Å². The molecule has 0 aromatic heterocycles. The van der Waals surface area contributed by atoms with Gasteiger partial charge in [-0.05, 0) is 26.2 Å². The summed E-state index contributed by atoms with van der Waals surface area (Å²) in [7, 11) is 3.13. The standard InChI is InChI=1S/C19H37N3O4.HI/c1-4-20-19(21-11-8-6-5-7-9-18(23)25-3)22-12-10-17(15-22)16-26-14-13-24-2;/h17H,4-16H2,1-3H3,(H,20,21);1H. The molecule has 0 bridgehead atoms. The summed E-state index contributed by atoms with van der Waals surface area (Å²) in [5.74, 6) is 1.46. The van der Waals surface area contributed by atoms with E-state index in [1.807, 2.05) is 0 Å². The van der Waals surface area contributed by atoms with E-state index in [9.17, 15) is 4.79 Å². The molecule has 1 rings (SSSR count). The number of carbonyl (C=O) groups is 1. The molecule has 1 unspecified atom stereocenters. The fraction of sp³-hybridized carbons (Fsp3) is 0.895. The Morgan fingerprint density at radius 2 is 1.96 bits per heavy atom. The Morgan fingerprint density at radius 3 is 2.67 bits per heavy atom. The van der Waals surface area contributed by atoms with Crippen molar-refractivity contribution in [3.8, 4) is 0 Å². The molecule has 1 N–H and O–H groups in total. The number of unbranched alkanes of at least 4 members (excludes halogenated alkanes) is 3. The first-order chi connectivity index (χ1) is 12.7. The number of ether oxygens (including phenoxy) is 3. The lowest BCUT2D eigenvalue weighted by Crippen LogP contribution is -2.40. The van der Waals surface area contributed by atoms with Crippen LogP contribution in [0.15, 0.2) is 4.99 Å². The van der Waals surface area contributed by atoms with Crippen LogP contribution in [0.2, 0.25) is 0 Å². The highest BCUT2D eigenvalue weighted by Gasteiger charge is 2.24. The average Bonchev–Trinajstić information content (AvgIpc) is 3.12. The lowest BCUT2D eigenvalue weighted by atomic mass is 10.1. The molecule has 0 saturated carbocycles. The van der Waals surface area contributed by atoms with Crippen LogP contribution in [0.5, 0.6) is 0 Å². The van der Waals surface area contributed by atoms with Crippen molar-refractivity contribution in [2.45, 2.75) is 45.4 Å². The van der Waals surface area contributed by atoms with Gasteiger partial charge in [-0.3, -0.25) is 9.79 Å². The van der Waals surface area contributed by atoms with Gasteiger partial charge in [0.15, 0.2) is 5.96 Å². The highest BCUT2D eigenvalue weighted by Crippen LogP contribution is 2.16. The van der Waals surface area contributed by atoms with Crippen molar-refractivity contribution in [2.75, 3.05) is 60.2 Å². The zero-order valence-electron chi connectivity index (χ0n) is 17.2. The van der Waals surface area contributed by atoms with Crippen LogP contribution in [0, 0.1) is 5.92 Å². The number of esters is 1. The van der Waals surface area contributed by atoms with Gasteiger partial charge >= 0.3 is 5.97 Å².